The van der Waals surface area contributed by atoms with E-state index in [0.29, 0.717) is 12.5 Å². The van der Waals surface area contributed by atoms with Crippen molar-refractivity contribution >= 4 is 16.8 Å². The van der Waals surface area contributed by atoms with Crippen LogP contribution in [0.25, 0.3) is 10.9 Å². The molecule has 2 aromatic rings. The third kappa shape index (κ3) is 2.85. The molecule has 0 bridgehead atoms. The van der Waals surface area contributed by atoms with Crippen molar-refractivity contribution in [2.75, 3.05) is 20.1 Å². The third-order valence-corrected chi connectivity index (χ3v) is 4.02. The van der Waals surface area contributed by atoms with Gasteiger partial charge in [-0.1, -0.05) is 18.2 Å². The van der Waals surface area contributed by atoms with Crippen LogP contribution >= 0.6 is 0 Å². The maximum atomic E-state index is 12.2. The summed E-state index contributed by atoms with van der Waals surface area (Å²) < 4.78 is 0. The normalized spacial score (nSPS) is 20.1. The number of para-hydroxylation sites is 1. The molecule has 4 heteroatoms. The van der Waals surface area contributed by atoms with Gasteiger partial charge in [-0.15, -0.1) is 0 Å². The highest BCUT2D eigenvalue weighted by molar-refractivity contribution is 5.88. The number of hydrogen-bond donors (Lipinski definition) is 2. The molecule has 1 fully saturated rings. The standard InChI is InChI=1S/C16H21N3O/c1-19-8-4-5-13(11-19)18-16(20)9-12-10-17-15-7-3-2-6-14(12)15/h2-3,6-7,10,13,17H,4-5,8-9,11H2,1H3,(H,18,20). The molecule has 3 rings (SSSR count). The molecule has 0 spiro atoms. The first-order valence-corrected chi connectivity index (χ1v) is 7.25. The number of hydrogen-bond acceptors (Lipinski definition) is 2. The quantitative estimate of drug-likeness (QED) is 0.896. The van der Waals surface area contributed by atoms with Gasteiger partial charge < -0.3 is 15.2 Å². The average molecular weight is 271 g/mol. The van der Waals surface area contributed by atoms with Crippen molar-refractivity contribution in [2.45, 2.75) is 25.3 Å². The second-order valence-corrected chi connectivity index (χ2v) is 5.71. The van der Waals surface area contributed by atoms with E-state index < -0.39 is 0 Å². The molecule has 1 aliphatic heterocycles. The van der Waals surface area contributed by atoms with E-state index >= 15 is 0 Å². The molecule has 1 aliphatic rings. The number of carbonyl (C=O) groups is 1. The van der Waals surface area contributed by atoms with Crippen molar-refractivity contribution in [1.29, 1.82) is 0 Å². The van der Waals surface area contributed by atoms with Gasteiger partial charge in [0.2, 0.25) is 5.91 Å². The summed E-state index contributed by atoms with van der Waals surface area (Å²) >= 11 is 0. The van der Waals surface area contributed by atoms with Gasteiger partial charge in [0.25, 0.3) is 0 Å². The molecule has 2 heterocycles. The Balaban J connectivity index is 1.64. The first-order chi connectivity index (χ1) is 9.72. The minimum atomic E-state index is 0.120. The summed E-state index contributed by atoms with van der Waals surface area (Å²) in [6.07, 6.45) is 4.64. The van der Waals surface area contributed by atoms with Crippen LogP contribution in [0.2, 0.25) is 0 Å². The van der Waals surface area contributed by atoms with Gasteiger partial charge in [-0.25, -0.2) is 0 Å². The van der Waals surface area contributed by atoms with Crippen LogP contribution < -0.4 is 5.32 Å². The average Bonchev–Trinajstić information content (AvgIpc) is 2.82. The fourth-order valence-corrected chi connectivity index (χ4v) is 3.01. The van der Waals surface area contributed by atoms with Gasteiger partial charge in [-0.05, 0) is 38.1 Å². The lowest BCUT2D eigenvalue weighted by Gasteiger charge is -2.30. The molecule has 1 unspecified atom stereocenters. The van der Waals surface area contributed by atoms with Crippen LogP contribution in [-0.2, 0) is 11.2 Å². The molecular formula is C16H21N3O. The molecule has 1 atom stereocenters. The van der Waals surface area contributed by atoms with Gasteiger partial charge in [0, 0.05) is 29.7 Å². The summed E-state index contributed by atoms with van der Waals surface area (Å²) in [5.74, 6) is 0.120. The van der Waals surface area contributed by atoms with Crippen molar-refractivity contribution < 1.29 is 4.79 Å². The Morgan fingerprint density at radius 3 is 3.15 bits per heavy atom. The van der Waals surface area contributed by atoms with Crippen LogP contribution in [0.3, 0.4) is 0 Å². The Kier molecular flexibility index (Phi) is 3.74. The molecule has 1 saturated heterocycles. The van der Waals surface area contributed by atoms with Crippen LogP contribution in [0.4, 0.5) is 0 Å². The fourth-order valence-electron chi connectivity index (χ4n) is 3.01. The van der Waals surface area contributed by atoms with Gasteiger partial charge >= 0.3 is 0 Å². The summed E-state index contributed by atoms with van der Waals surface area (Å²) in [7, 11) is 2.11. The van der Waals surface area contributed by atoms with Crippen molar-refractivity contribution in [1.82, 2.24) is 15.2 Å². The van der Waals surface area contributed by atoms with E-state index in [-0.39, 0.29) is 5.91 Å². The predicted molar refractivity (Wildman–Crippen MR) is 80.7 cm³/mol. The molecule has 1 amide bonds. The van der Waals surface area contributed by atoms with E-state index in [1.165, 1.54) is 0 Å². The number of likely N-dealkylation sites (tertiary alicyclic amines) is 1. The minimum Gasteiger partial charge on any atom is -0.361 e. The largest absolute Gasteiger partial charge is 0.361 e. The van der Waals surface area contributed by atoms with E-state index in [2.05, 4.69) is 28.3 Å². The highest BCUT2D eigenvalue weighted by atomic mass is 16.1. The molecule has 0 saturated carbocycles. The number of aromatic nitrogens is 1. The number of benzene rings is 1. The van der Waals surface area contributed by atoms with Gasteiger partial charge in [0.1, 0.15) is 0 Å². The second kappa shape index (κ2) is 5.67. The number of likely N-dealkylation sites (N-methyl/N-ethyl adjacent to an activating group) is 1. The molecule has 20 heavy (non-hydrogen) atoms. The smallest absolute Gasteiger partial charge is 0.224 e. The molecular weight excluding hydrogens is 250 g/mol. The lowest BCUT2D eigenvalue weighted by Crippen LogP contribution is -2.46. The van der Waals surface area contributed by atoms with Crippen molar-refractivity contribution in [3.63, 3.8) is 0 Å². The number of carbonyl (C=O) groups excluding carboxylic acids is 1. The monoisotopic (exact) mass is 271 g/mol. The molecule has 1 aromatic carbocycles. The second-order valence-electron chi connectivity index (χ2n) is 5.71. The molecule has 2 N–H and O–H groups in total. The molecule has 0 radical (unpaired) electrons. The van der Waals surface area contributed by atoms with Gasteiger partial charge in [0.15, 0.2) is 0 Å². The summed E-state index contributed by atoms with van der Waals surface area (Å²) in [4.78, 5) is 17.7. The number of aromatic amines is 1. The topological polar surface area (TPSA) is 48.1 Å². The number of nitrogens with zero attached hydrogens (tertiary/aromatic N) is 1. The zero-order chi connectivity index (χ0) is 13.9. The summed E-state index contributed by atoms with van der Waals surface area (Å²) in [5, 5.41) is 4.30. The Morgan fingerprint density at radius 1 is 1.45 bits per heavy atom. The Labute approximate surface area is 119 Å². The van der Waals surface area contributed by atoms with E-state index in [9.17, 15) is 4.79 Å². The number of piperidine rings is 1. The lowest BCUT2D eigenvalue weighted by molar-refractivity contribution is -0.121. The van der Waals surface area contributed by atoms with Crippen LogP contribution in [0, 0.1) is 0 Å². The first kappa shape index (κ1) is 13.2. The van der Waals surface area contributed by atoms with E-state index in [4.69, 9.17) is 0 Å². The molecule has 1 aromatic heterocycles. The molecule has 4 nitrogen and oxygen atoms in total. The van der Waals surface area contributed by atoms with Crippen LogP contribution in [0.5, 0.6) is 0 Å². The highest BCUT2D eigenvalue weighted by Gasteiger charge is 2.19. The van der Waals surface area contributed by atoms with Crippen LogP contribution in [0.15, 0.2) is 30.5 Å². The number of nitrogens with one attached hydrogen (secondary N) is 2. The van der Waals surface area contributed by atoms with Crippen molar-refractivity contribution in [3.05, 3.63) is 36.0 Å². The first-order valence-electron chi connectivity index (χ1n) is 7.25. The lowest BCUT2D eigenvalue weighted by atomic mass is 10.1. The fraction of sp³-hybridized carbons (Fsp3) is 0.438. The molecule has 0 aliphatic carbocycles. The third-order valence-electron chi connectivity index (χ3n) is 4.02. The van der Waals surface area contributed by atoms with Crippen molar-refractivity contribution in [3.8, 4) is 0 Å². The maximum absolute atomic E-state index is 12.2. The number of amides is 1. The number of H-pyrrole nitrogens is 1. The van der Waals surface area contributed by atoms with E-state index in [0.717, 1.165) is 42.4 Å². The zero-order valence-electron chi connectivity index (χ0n) is 11.9. The number of rotatable bonds is 3. The van der Waals surface area contributed by atoms with E-state index in [1.807, 2.05) is 24.4 Å². The Bertz CT molecular complexity index is 605. The summed E-state index contributed by atoms with van der Waals surface area (Å²) in [5.41, 5.74) is 2.16. The van der Waals surface area contributed by atoms with Gasteiger partial charge in [-0.3, -0.25) is 4.79 Å². The van der Waals surface area contributed by atoms with Gasteiger partial charge in [-0.2, -0.15) is 0 Å². The Morgan fingerprint density at radius 2 is 2.30 bits per heavy atom. The summed E-state index contributed by atoms with van der Waals surface area (Å²) in [6.45, 7) is 2.09. The van der Waals surface area contributed by atoms with Crippen LogP contribution in [0.1, 0.15) is 18.4 Å². The SMILES string of the molecule is CN1CCCC(NC(=O)Cc2c[nH]c3ccccc23)C1. The zero-order valence-corrected chi connectivity index (χ0v) is 11.9. The minimum absolute atomic E-state index is 0.120. The number of fused-ring (bicyclic) bond motifs is 1. The van der Waals surface area contributed by atoms with Crippen LogP contribution in [-0.4, -0.2) is 42.0 Å². The molecule has 106 valence electrons. The summed E-state index contributed by atoms with van der Waals surface area (Å²) in [6, 6.07) is 8.40. The van der Waals surface area contributed by atoms with Gasteiger partial charge in [0.05, 0.1) is 6.42 Å². The Hall–Kier alpha value is -1.81. The van der Waals surface area contributed by atoms with E-state index in [1.54, 1.807) is 0 Å². The highest BCUT2D eigenvalue weighted by Crippen LogP contribution is 2.18. The maximum Gasteiger partial charge on any atom is 0.224 e. The predicted octanol–water partition coefficient (Wildman–Crippen LogP) is 1.92. The van der Waals surface area contributed by atoms with Crippen molar-refractivity contribution in [2.24, 2.45) is 0 Å².